The minimum Gasteiger partial charge on any atom is -0.467 e. The smallest absolute Gasteiger partial charge is 0.337 e. The molecule has 13 heavy (non-hydrogen) atoms. The summed E-state index contributed by atoms with van der Waals surface area (Å²) in [5.74, 6) is -0.765. The van der Waals surface area contributed by atoms with Crippen molar-refractivity contribution in [3.63, 3.8) is 0 Å². The molecule has 1 aliphatic rings. The first-order valence-electron chi connectivity index (χ1n) is 3.81. The Labute approximate surface area is 74.7 Å². The molecule has 0 aromatic heterocycles. The third-order valence-corrected chi connectivity index (χ3v) is 1.93. The van der Waals surface area contributed by atoms with Gasteiger partial charge in [-0.15, -0.1) is 0 Å². The first-order valence-corrected chi connectivity index (χ1v) is 3.81. The summed E-state index contributed by atoms with van der Waals surface area (Å²) < 4.78 is 9.12. The van der Waals surface area contributed by atoms with Crippen molar-refractivity contribution in [3.05, 3.63) is 0 Å². The Morgan fingerprint density at radius 3 is 2.54 bits per heavy atom. The van der Waals surface area contributed by atoms with E-state index in [0.29, 0.717) is 0 Å². The highest BCUT2D eigenvalue weighted by Crippen LogP contribution is 2.16. The average Bonchev–Trinajstić information content (AvgIpc) is 2.13. The second kappa shape index (κ2) is 4.01. The topological polar surface area (TPSA) is 96.2 Å². The molecule has 76 valence electrons. The number of methoxy groups -OCH3 is 1. The summed E-state index contributed by atoms with van der Waals surface area (Å²) in [5, 5.41) is 27.5. The summed E-state index contributed by atoms with van der Waals surface area (Å²) in [5.41, 5.74) is 0. The quantitative estimate of drug-likeness (QED) is 0.402. The maximum absolute atomic E-state index is 10.9. The average molecular weight is 192 g/mol. The Balaban J connectivity index is 2.63. The predicted octanol–water partition coefficient (Wildman–Crippen LogP) is -2.36. The van der Waals surface area contributed by atoms with Gasteiger partial charge in [0.25, 0.3) is 0 Å². The van der Waals surface area contributed by atoms with Crippen LogP contribution in [-0.4, -0.2) is 59.4 Å². The van der Waals surface area contributed by atoms with Gasteiger partial charge in [-0.2, -0.15) is 0 Å². The number of aliphatic hydroxyl groups excluding tert-OH is 3. The fraction of sp³-hybridized carbons (Fsp3) is 0.857. The third kappa shape index (κ3) is 1.97. The Kier molecular flexibility index (Phi) is 3.21. The van der Waals surface area contributed by atoms with E-state index in [4.69, 9.17) is 9.84 Å². The lowest BCUT2D eigenvalue weighted by molar-refractivity contribution is -0.203. The van der Waals surface area contributed by atoms with Crippen molar-refractivity contribution in [2.75, 3.05) is 13.7 Å². The van der Waals surface area contributed by atoms with Crippen LogP contribution in [-0.2, 0) is 14.3 Å². The molecule has 0 bridgehead atoms. The van der Waals surface area contributed by atoms with Gasteiger partial charge >= 0.3 is 5.97 Å². The van der Waals surface area contributed by atoms with E-state index in [1.807, 2.05) is 0 Å². The van der Waals surface area contributed by atoms with Gasteiger partial charge in [0.1, 0.15) is 18.3 Å². The van der Waals surface area contributed by atoms with Crippen molar-refractivity contribution in [1.82, 2.24) is 0 Å². The van der Waals surface area contributed by atoms with Crippen LogP contribution in [0.4, 0.5) is 0 Å². The molecule has 0 aromatic carbocycles. The molecule has 4 atom stereocenters. The molecule has 3 N–H and O–H groups in total. The zero-order valence-electron chi connectivity index (χ0n) is 7.08. The molecule has 0 aliphatic carbocycles. The minimum absolute atomic E-state index is 0.196. The normalized spacial score (nSPS) is 40.0. The van der Waals surface area contributed by atoms with Crippen LogP contribution in [0, 0.1) is 0 Å². The van der Waals surface area contributed by atoms with Crippen LogP contribution in [0.15, 0.2) is 0 Å². The molecule has 1 heterocycles. The summed E-state index contributed by atoms with van der Waals surface area (Å²) in [6.45, 7) is -0.196. The Morgan fingerprint density at radius 1 is 1.38 bits per heavy atom. The number of hydrogen-bond acceptors (Lipinski definition) is 6. The highest BCUT2D eigenvalue weighted by Gasteiger charge is 2.41. The number of carbonyl (C=O) groups is 1. The van der Waals surface area contributed by atoms with E-state index < -0.39 is 30.4 Å². The maximum Gasteiger partial charge on any atom is 0.337 e. The van der Waals surface area contributed by atoms with Crippen LogP contribution in [0.25, 0.3) is 0 Å². The van der Waals surface area contributed by atoms with Crippen molar-refractivity contribution in [2.24, 2.45) is 0 Å². The van der Waals surface area contributed by atoms with E-state index in [0.717, 1.165) is 7.11 Å². The lowest BCUT2D eigenvalue weighted by Gasteiger charge is -2.33. The van der Waals surface area contributed by atoms with Crippen LogP contribution in [0.3, 0.4) is 0 Å². The van der Waals surface area contributed by atoms with Crippen molar-refractivity contribution >= 4 is 5.97 Å². The Morgan fingerprint density at radius 2 is 2.00 bits per heavy atom. The predicted molar refractivity (Wildman–Crippen MR) is 39.8 cm³/mol. The first kappa shape index (κ1) is 10.4. The summed E-state index contributed by atoms with van der Waals surface area (Å²) in [7, 11) is 1.15. The zero-order chi connectivity index (χ0) is 10.0. The second-order valence-corrected chi connectivity index (χ2v) is 2.83. The standard InChI is InChI=1S/C7H12O6/c1-12-7(11)6-5(10)4(9)3(8)2-13-6/h3-6,8-10H,2H2,1H3. The molecule has 1 saturated heterocycles. The lowest BCUT2D eigenvalue weighted by atomic mass is 10.0. The molecular formula is C7H12O6. The van der Waals surface area contributed by atoms with Gasteiger partial charge in [0.2, 0.25) is 0 Å². The van der Waals surface area contributed by atoms with Crippen molar-refractivity contribution in [2.45, 2.75) is 24.4 Å². The zero-order valence-corrected chi connectivity index (χ0v) is 7.08. The number of hydrogen-bond donors (Lipinski definition) is 3. The van der Waals surface area contributed by atoms with Crippen molar-refractivity contribution in [3.8, 4) is 0 Å². The Bertz CT molecular complexity index is 193. The van der Waals surface area contributed by atoms with Gasteiger partial charge in [0, 0.05) is 0 Å². The molecule has 1 rings (SSSR count). The molecular weight excluding hydrogens is 180 g/mol. The fourth-order valence-electron chi connectivity index (χ4n) is 1.13. The number of aliphatic hydroxyl groups is 3. The largest absolute Gasteiger partial charge is 0.467 e. The summed E-state index contributed by atoms with van der Waals surface area (Å²) in [4.78, 5) is 10.9. The van der Waals surface area contributed by atoms with Gasteiger partial charge in [-0.25, -0.2) is 4.79 Å². The Hall–Kier alpha value is -0.690. The highest BCUT2D eigenvalue weighted by atomic mass is 16.6. The summed E-state index contributed by atoms with van der Waals surface area (Å²) in [6.07, 6.45) is -5.21. The first-order chi connectivity index (χ1) is 6.07. The summed E-state index contributed by atoms with van der Waals surface area (Å²) >= 11 is 0. The van der Waals surface area contributed by atoms with E-state index >= 15 is 0 Å². The van der Waals surface area contributed by atoms with Crippen LogP contribution in [0.2, 0.25) is 0 Å². The van der Waals surface area contributed by atoms with Gasteiger partial charge in [0.15, 0.2) is 6.10 Å². The van der Waals surface area contributed by atoms with Crippen molar-refractivity contribution < 1.29 is 29.6 Å². The number of rotatable bonds is 1. The molecule has 1 aliphatic heterocycles. The minimum atomic E-state index is -1.45. The molecule has 0 radical (unpaired) electrons. The van der Waals surface area contributed by atoms with E-state index in [2.05, 4.69) is 4.74 Å². The van der Waals surface area contributed by atoms with Crippen molar-refractivity contribution in [1.29, 1.82) is 0 Å². The molecule has 0 amide bonds. The van der Waals surface area contributed by atoms with Crippen LogP contribution < -0.4 is 0 Å². The van der Waals surface area contributed by atoms with E-state index in [-0.39, 0.29) is 6.61 Å². The molecule has 0 spiro atoms. The monoisotopic (exact) mass is 192 g/mol. The molecule has 6 heteroatoms. The fourth-order valence-corrected chi connectivity index (χ4v) is 1.13. The van der Waals surface area contributed by atoms with E-state index in [1.165, 1.54) is 0 Å². The second-order valence-electron chi connectivity index (χ2n) is 2.83. The highest BCUT2D eigenvalue weighted by molar-refractivity contribution is 5.75. The van der Waals surface area contributed by atoms with Gasteiger partial charge < -0.3 is 24.8 Å². The SMILES string of the molecule is COC(=O)C1OCC(O)C(O)C1O. The summed E-state index contributed by atoms with van der Waals surface area (Å²) in [6, 6.07) is 0. The van der Waals surface area contributed by atoms with Crippen LogP contribution >= 0.6 is 0 Å². The number of ether oxygens (including phenoxy) is 2. The molecule has 0 aromatic rings. The number of esters is 1. The lowest BCUT2D eigenvalue weighted by Crippen LogP contribution is -2.55. The van der Waals surface area contributed by atoms with Gasteiger partial charge in [-0.05, 0) is 0 Å². The van der Waals surface area contributed by atoms with Crippen LogP contribution in [0.5, 0.6) is 0 Å². The van der Waals surface area contributed by atoms with E-state index in [9.17, 15) is 15.0 Å². The van der Waals surface area contributed by atoms with Gasteiger partial charge in [0.05, 0.1) is 13.7 Å². The maximum atomic E-state index is 10.9. The third-order valence-electron chi connectivity index (χ3n) is 1.93. The van der Waals surface area contributed by atoms with E-state index in [1.54, 1.807) is 0 Å². The number of carbonyl (C=O) groups excluding carboxylic acids is 1. The molecule has 4 unspecified atom stereocenters. The molecule has 1 fully saturated rings. The van der Waals surface area contributed by atoms with Crippen LogP contribution in [0.1, 0.15) is 0 Å². The molecule has 0 saturated carbocycles. The van der Waals surface area contributed by atoms with Gasteiger partial charge in [-0.1, -0.05) is 0 Å². The van der Waals surface area contributed by atoms with Gasteiger partial charge in [-0.3, -0.25) is 0 Å². The molecule has 6 nitrogen and oxygen atoms in total.